The smallest absolute Gasteiger partial charge is 0.228 e. The summed E-state index contributed by atoms with van der Waals surface area (Å²) in [6.07, 6.45) is 0.111. The van der Waals surface area contributed by atoms with Crippen LogP contribution < -0.4 is 4.74 Å². The van der Waals surface area contributed by atoms with Crippen molar-refractivity contribution in [2.45, 2.75) is 30.1 Å². The maximum absolute atomic E-state index is 13.5. The summed E-state index contributed by atoms with van der Waals surface area (Å²) in [5, 5.41) is 33.5. The third-order valence-electron chi connectivity index (χ3n) is 7.08. The number of aromatic nitrogens is 1. The molecule has 1 amide bonds. The van der Waals surface area contributed by atoms with Gasteiger partial charge >= 0.3 is 0 Å². The summed E-state index contributed by atoms with van der Waals surface area (Å²) in [4.78, 5) is 19.4. The van der Waals surface area contributed by atoms with E-state index in [0.717, 1.165) is 11.1 Å². The van der Waals surface area contributed by atoms with Crippen LogP contribution >= 0.6 is 0 Å². The Balaban J connectivity index is 1.86. The second kappa shape index (κ2) is 7.66. The number of carbonyl (C=O) groups excluding carboxylic acids is 1. The SMILES string of the molecule is Cc1cnc2c(c1)O[C@@]1(c3ccc(C#N)cc3)[C@H](c3ccccc3)[C@@H](C(=O)N(C)C)[C@@H](O)[C@@]21O. The summed E-state index contributed by atoms with van der Waals surface area (Å²) in [7, 11) is 3.25. The lowest BCUT2D eigenvalue weighted by Crippen LogP contribution is -2.52. The summed E-state index contributed by atoms with van der Waals surface area (Å²) in [5.74, 6) is -1.71. The first-order valence-corrected chi connectivity index (χ1v) is 11.1. The van der Waals surface area contributed by atoms with Gasteiger partial charge in [-0.05, 0) is 41.8 Å². The van der Waals surface area contributed by atoms with Crippen LogP contribution in [0.5, 0.6) is 5.75 Å². The molecule has 3 aromatic rings. The maximum atomic E-state index is 13.5. The summed E-state index contributed by atoms with van der Waals surface area (Å²) >= 11 is 0. The third-order valence-corrected chi connectivity index (χ3v) is 7.08. The lowest BCUT2D eigenvalue weighted by molar-refractivity contribution is -0.157. The number of aliphatic hydroxyl groups is 2. The highest BCUT2D eigenvalue weighted by Crippen LogP contribution is 2.68. The van der Waals surface area contributed by atoms with Gasteiger partial charge in [-0.15, -0.1) is 0 Å². The minimum atomic E-state index is -2.01. The van der Waals surface area contributed by atoms with Crippen molar-refractivity contribution < 1.29 is 19.7 Å². The molecule has 34 heavy (non-hydrogen) atoms. The van der Waals surface area contributed by atoms with Gasteiger partial charge in [-0.1, -0.05) is 42.5 Å². The minimum Gasteiger partial charge on any atom is -0.476 e. The second-order valence-electron chi connectivity index (χ2n) is 9.24. The molecule has 0 saturated heterocycles. The number of hydrogen-bond donors (Lipinski definition) is 2. The number of hydrogen-bond acceptors (Lipinski definition) is 6. The van der Waals surface area contributed by atoms with Crippen LogP contribution in [-0.4, -0.2) is 46.2 Å². The summed E-state index contributed by atoms with van der Waals surface area (Å²) in [6, 6.07) is 19.9. The van der Waals surface area contributed by atoms with E-state index in [-0.39, 0.29) is 11.6 Å². The lowest BCUT2D eigenvalue weighted by atomic mass is 9.71. The number of nitriles is 1. The quantitative estimate of drug-likeness (QED) is 0.629. The first-order valence-electron chi connectivity index (χ1n) is 11.1. The van der Waals surface area contributed by atoms with Gasteiger partial charge in [-0.25, -0.2) is 0 Å². The van der Waals surface area contributed by atoms with Crippen molar-refractivity contribution in [3.8, 4) is 11.8 Å². The van der Waals surface area contributed by atoms with Gasteiger partial charge in [0.1, 0.15) is 17.5 Å². The number of aryl methyl sites for hydroxylation is 1. The monoisotopic (exact) mass is 455 g/mol. The number of rotatable bonds is 3. The Labute approximate surface area is 197 Å². The summed E-state index contributed by atoms with van der Waals surface area (Å²) in [6.45, 7) is 1.87. The molecule has 0 bridgehead atoms. The number of nitrogens with zero attached hydrogens (tertiary/aromatic N) is 3. The largest absolute Gasteiger partial charge is 0.476 e. The van der Waals surface area contributed by atoms with E-state index in [1.165, 1.54) is 4.90 Å². The van der Waals surface area contributed by atoms with E-state index in [4.69, 9.17) is 4.74 Å². The van der Waals surface area contributed by atoms with Crippen LogP contribution in [-0.2, 0) is 16.0 Å². The van der Waals surface area contributed by atoms with Crippen molar-refractivity contribution >= 4 is 5.91 Å². The molecule has 172 valence electrons. The van der Waals surface area contributed by atoms with E-state index in [2.05, 4.69) is 11.1 Å². The Kier molecular flexibility index (Phi) is 4.97. The molecule has 0 spiro atoms. The average molecular weight is 456 g/mol. The molecule has 0 unspecified atom stereocenters. The summed E-state index contributed by atoms with van der Waals surface area (Å²) < 4.78 is 6.63. The number of amides is 1. The fraction of sp³-hybridized carbons (Fsp3) is 0.296. The number of fused-ring (bicyclic) bond motifs is 3. The van der Waals surface area contributed by atoms with Gasteiger partial charge < -0.3 is 19.8 Å². The molecule has 1 saturated carbocycles. The zero-order valence-corrected chi connectivity index (χ0v) is 19.1. The molecule has 5 rings (SSSR count). The molecule has 1 fully saturated rings. The average Bonchev–Trinajstić information content (AvgIpc) is 3.21. The zero-order valence-electron chi connectivity index (χ0n) is 19.1. The van der Waals surface area contributed by atoms with Crippen molar-refractivity contribution in [1.82, 2.24) is 9.88 Å². The van der Waals surface area contributed by atoms with Crippen LogP contribution in [0.15, 0.2) is 66.9 Å². The number of aliphatic hydroxyl groups excluding tert-OH is 1. The molecule has 7 nitrogen and oxygen atoms in total. The molecule has 2 heterocycles. The second-order valence-corrected chi connectivity index (χ2v) is 9.24. The molecular formula is C27H25N3O4. The van der Waals surface area contributed by atoms with Crippen LogP contribution in [0, 0.1) is 24.2 Å². The minimum absolute atomic E-state index is 0.199. The van der Waals surface area contributed by atoms with E-state index in [1.54, 1.807) is 50.6 Å². The Bertz CT molecular complexity index is 1300. The van der Waals surface area contributed by atoms with Gasteiger partial charge in [-0.3, -0.25) is 9.78 Å². The predicted octanol–water partition coefficient (Wildman–Crippen LogP) is 2.60. The number of ether oxygens (including phenoxy) is 1. The van der Waals surface area contributed by atoms with Crippen molar-refractivity contribution in [2.24, 2.45) is 5.92 Å². The first-order chi connectivity index (χ1) is 16.3. The molecule has 1 aromatic heterocycles. The van der Waals surface area contributed by atoms with Gasteiger partial charge in [0.25, 0.3) is 0 Å². The normalized spacial score (nSPS) is 29.0. The molecule has 2 aromatic carbocycles. The number of benzene rings is 2. The molecule has 2 aliphatic rings. The topological polar surface area (TPSA) is 107 Å². The van der Waals surface area contributed by atoms with Crippen LogP contribution in [0.2, 0.25) is 0 Å². The standard InChI is InChI=1S/C27H25N3O4/c1-16-13-20-23(29-15-16)26(33)24(31)21(25(32)30(2)3)22(18-7-5-4-6-8-18)27(26,34-20)19-11-9-17(14-28)10-12-19/h4-13,15,21-22,24,31,33H,1-3H3/t21-,22-,24-,26+,27+/m1/s1. The lowest BCUT2D eigenvalue weighted by Gasteiger charge is -2.40. The fourth-order valence-corrected chi connectivity index (χ4v) is 5.62. The summed E-state index contributed by atoms with van der Waals surface area (Å²) in [5.41, 5.74) is -0.793. The maximum Gasteiger partial charge on any atom is 0.228 e. The molecule has 5 atom stereocenters. The predicted molar refractivity (Wildman–Crippen MR) is 124 cm³/mol. The van der Waals surface area contributed by atoms with Gasteiger partial charge in [0.2, 0.25) is 5.91 Å². The van der Waals surface area contributed by atoms with E-state index in [1.807, 2.05) is 37.3 Å². The highest BCUT2D eigenvalue weighted by Gasteiger charge is 2.78. The Morgan fingerprint density at radius 3 is 2.44 bits per heavy atom. The van der Waals surface area contributed by atoms with Crippen molar-refractivity contribution in [1.29, 1.82) is 5.26 Å². The van der Waals surface area contributed by atoms with Crippen LogP contribution in [0.25, 0.3) is 0 Å². The molecule has 1 aliphatic carbocycles. The van der Waals surface area contributed by atoms with Gasteiger partial charge in [-0.2, -0.15) is 5.26 Å². The van der Waals surface area contributed by atoms with Crippen molar-refractivity contribution in [2.75, 3.05) is 14.1 Å². The van der Waals surface area contributed by atoms with Crippen molar-refractivity contribution in [3.05, 3.63) is 94.8 Å². The fourth-order valence-electron chi connectivity index (χ4n) is 5.62. The number of carbonyl (C=O) groups is 1. The van der Waals surface area contributed by atoms with E-state index >= 15 is 0 Å². The Morgan fingerprint density at radius 1 is 1.15 bits per heavy atom. The Hall–Kier alpha value is -3.73. The molecule has 2 N–H and O–H groups in total. The van der Waals surface area contributed by atoms with Crippen LogP contribution in [0.1, 0.15) is 33.9 Å². The van der Waals surface area contributed by atoms with Crippen LogP contribution in [0.3, 0.4) is 0 Å². The zero-order chi connectivity index (χ0) is 24.3. The molecule has 1 aliphatic heterocycles. The third kappa shape index (κ3) is 2.76. The van der Waals surface area contributed by atoms with Crippen LogP contribution in [0.4, 0.5) is 0 Å². The first kappa shape index (κ1) is 22.1. The Morgan fingerprint density at radius 2 is 1.82 bits per heavy atom. The van der Waals surface area contributed by atoms with E-state index in [9.17, 15) is 20.3 Å². The highest BCUT2D eigenvalue weighted by molar-refractivity contribution is 5.82. The van der Waals surface area contributed by atoms with Gasteiger partial charge in [0.05, 0.1) is 17.6 Å². The molecule has 7 heteroatoms. The highest BCUT2D eigenvalue weighted by atomic mass is 16.5. The van der Waals surface area contributed by atoms with E-state index < -0.39 is 29.1 Å². The van der Waals surface area contributed by atoms with Crippen molar-refractivity contribution in [3.63, 3.8) is 0 Å². The van der Waals surface area contributed by atoms with Gasteiger partial charge in [0.15, 0.2) is 11.2 Å². The van der Waals surface area contributed by atoms with E-state index in [0.29, 0.717) is 16.9 Å². The van der Waals surface area contributed by atoms with Gasteiger partial charge in [0, 0.05) is 26.2 Å². The molecule has 0 radical (unpaired) electrons. The number of pyridine rings is 1. The molecular weight excluding hydrogens is 430 g/mol.